The molecule has 2 fully saturated rings. The monoisotopic (exact) mass is 462 g/mol. The van der Waals surface area contributed by atoms with Crippen molar-refractivity contribution in [3.05, 3.63) is 59.7 Å². The fraction of sp³-hybridized carbons (Fsp3) is 0.444. The topological polar surface area (TPSA) is 95.9 Å². The number of amides is 2. The van der Waals surface area contributed by atoms with E-state index in [-0.39, 0.29) is 18.4 Å². The van der Waals surface area contributed by atoms with Gasteiger partial charge in [0.25, 0.3) is 0 Å². The Hall–Kier alpha value is -3.35. The number of alkyl carbamates (subject to hydrolysis) is 1. The molecule has 7 nitrogen and oxygen atoms in total. The zero-order valence-electron chi connectivity index (χ0n) is 19.3. The van der Waals surface area contributed by atoms with E-state index in [1.807, 2.05) is 24.3 Å². The van der Waals surface area contributed by atoms with Gasteiger partial charge in [0.05, 0.1) is 0 Å². The number of carbonyl (C=O) groups excluding carboxylic acids is 2. The molecule has 0 aromatic heterocycles. The molecule has 2 aromatic carbocycles. The Kier molecular flexibility index (Phi) is 5.80. The van der Waals surface area contributed by atoms with Crippen LogP contribution in [0.1, 0.15) is 55.6 Å². The van der Waals surface area contributed by atoms with Gasteiger partial charge in [-0.15, -0.1) is 0 Å². The summed E-state index contributed by atoms with van der Waals surface area (Å²) >= 11 is 0. The summed E-state index contributed by atoms with van der Waals surface area (Å²) in [4.78, 5) is 39.3. The summed E-state index contributed by atoms with van der Waals surface area (Å²) in [7, 11) is 1.54. The van der Waals surface area contributed by atoms with E-state index in [4.69, 9.17) is 4.74 Å². The second-order valence-corrected chi connectivity index (χ2v) is 9.79. The molecule has 5 rings (SSSR count). The van der Waals surface area contributed by atoms with Crippen LogP contribution in [0.5, 0.6) is 0 Å². The van der Waals surface area contributed by atoms with Crippen LogP contribution in [0.15, 0.2) is 48.5 Å². The van der Waals surface area contributed by atoms with Crippen molar-refractivity contribution >= 4 is 18.0 Å². The SMILES string of the molecule is CN(C(=O)C(CC1CC1)NC(=O)OCC1c2ccccc2-c2ccccc21)C1(C(=O)O)CCC1. The van der Waals surface area contributed by atoms with E-state index in [1.54, 1.807) is 0 Å². The number of carbonyl (C=O) groups is 3. The maximum absolute atomic E-state index is 13.3. The molecule has 2 saturated carbocycles. The van der Waals surface area contributed by atoms with Crippen molar-refractivity contribution in [3.8, 4) is 11.1 Å². The van der Waals surface area contributed by atoms with Crippen LogP contribution in [0.2, 0.25) is 0 Å². The normalized spacial score (nSPS) is 18.7. The van der Waals surface area contributed by atoms with E-state index in [9.17, 15) is 19.5 Å². The lowest BCUT2D eigenvalue weighted by molar-refractivity contribution is -0.165. The number of carboxylic acids is 1. The van der Waals surface area contributed by atoms with Gasteiger partial charge in [0.1, 0.15) is 18.2 Å². The molecular weight excluding hydrogens is 432 g/mol. The van der Waals surface area contributed by atoms with Gasteiger partial charge >= 0.3 is 12.1 Å². The van der Waals surface area contributed by atoms with Gasteiger partial charge in [-0.25, -0.2) is 9.59 Å². The number of hydrogen-bond donors (Lipinski definition) is 2. The molecule has 2 amide bonds. The number of hydrogen-bond acceptors (Lipinski definition) is 4. The Balaban J connectivity index is 1.27. The third kappa shape index (κ3) is 3.93. The first-order chi connectivity index (χ1) is 16.4. The summed E-state index contributed by atoms with van der Waals surface area (Å²) in [6.45, 7) is 0.166. The van der Waals surface area contributed by atoms with Crippen molar-refractivity contribution in [2.24, 2.45) is 5.92 Å². The lowest BCUT2D eigenvalue weighted by Gasteiger charge is -2.45. The minimum Gasteiger partial charge on any atom is -0.479 e. The van der Waals surface area contributed by atoms with Crippen molar-refractivity contribution in [2.75, 3.05) is 13.7 Å². The zero-order valence-corrected chi connectivity index (χ0v) is 19.3. The highest BCUT2D eigenvalue weighted by atomic mass is 16.5. The summed E-state index contributed by atoms with van der Waals surface area (Å²) in [6, 6.07) is 15.4. The van der Waals surface area contributed by atoms with Crippen LogP contribution in [-0.2, 0) is 14.3 Å². The smallest absolute Gasteiger partial charge is 0.407 e. The van der Waals surface area contributed by atoms with Crippen LogP contribution in [0.3, 0.4) is 0 Å². The molecule has 3 aliphatic rings. The Morgan fingerprint density at radius 3 is 2.15 bits per heavy atom. The molecular formula is C27H30N2O5. The van der Waals surface area contributed by atoms with Crippen molar-refractivity contribution in [1.82, 2.24) is 10.2 Å². The predicted molar refractivity (Wildman–Crippen MR) is 126 cm³/mol. The van der Waals surface area contributed by atoms with Crippen LogP contribution < -0.4 is 5.32 Å². The molecule has 0 aliphatic heterocycles. The number of aliphatic carboxylic acids is 1. The number of benzene rings is 2. The molecule has 0 spiro atoms. The number of rotatable bonds is 8. The Morgan fingerprint density at radius 1 is 1.06 bits per heavy atom. The molecule has 2 N–H and O–H groups in total. The molecule has 0 radical (unpaired) electrons. The molecule has 34 heavy (non-hydrogen) atoms. The van der Waals surface area contributed by atoms with Gasteiger partial charge in [-0.2, -0.15) is 0 Å². The molecule has 178 valence electrons. The largest absolute Gasteiger partial charge is 0.479 e. The number of ether oxygens (including phenoxy) is 1. The second-order valence-electron chi connectivity index (χ2n) is 9.79. The molecule has 1 atom stereocenters. The summed E-state index contributed by atoms with van der Waals surface area (Å²) in [6.07, 6.45) is 3.54. The van der Waals surface area contributed by atoms with E-state index < -0.39 is 23.6 Å². The summed E-state index contributed by atoms with van der Waals surface area (Å²) in [5.41, 5.74) is 3.37. The van der Waals surface area contributed by atoms with E-state index in [1.165, 1.54) is 11.9 Å². The van der Waals surface area contributed by atoms with Gasteiger partial charge in [-0.3, -0.25) is 4.79 Å². The van der Waals surface area contributed by atoms with Crippen LogP contribution >= 0.6 is 0 Å². The first-order valence-electron chi connectivity index (χ1n) is 12.0. The van der Waals surface area contributed by atoms with Crippen molar-refractivity contribution < 1.29 is 24.2 Å². The summed E-state index contributed by atoms with van der Waals surface area (Å²) < 4.78 is 5.64. The number of carboxylic acid groups (broad SMARTS) is 1. The standard InChI is InChI=1S/C27H30N2O5/c1-29(27(25(31)32)13-6-14-27)24(30)23(15-17-11-12-17)28-26(33)34-16-22-20-9-4-2-7-18(20)19-8-3-5-10-21(19)22/h2-5,7-10,17,22-23H,6,11-16H2,1H3,(H,28,33)(H,31,32). The molecule has 7 heteroatoms. The molecule has 3 aliphatic carbocycles. The van der Waals surface area contributed by atoms with E-state index in [2.05, 4.69) is 29.6 Å². The molecule has 0 heterocycles. The number of nitrogens with zero attached hydrogens (tertiary/aromatic N) is 1. The van der Waals surface area contributed by atoms with Crippen molar-refractivity contribution in [3.63, 3.8) is 0 Å². The Bertz CT molecular complexity index is 1080. The fourth-order valence-electron chi connectivity index (χ4n) is 5.34. The first-order valence-corrected chi connectivity index (χ1v) is 12.0. The average molecular weight is 463 g/mol. The lowest BCUT2D eigenvalue weighted by atomic mass is 9.75. The lowest BCUT2D eigenvalue weighted by Crippen LogP contribution is -2.63. The van der Waals surface area contributed by atoms with Crippen LogP contribution in [-0.4, -0.2) is 53.2 Å². The fourth-order valence-corrected chi connectivity index (χ4v) is 5.34. The number of nitrogens with one attached hydrogen (secondary N) is 1. The number of likely N-dealkylation sites (N-methyl/N-ethyl adjacent to an activating group) is 1. The zero-order chi connectivity index (χ0) is 23.9. The molecule has 1 unspecified atom stereocenters. The minimum atomic E-state index is -1.16. The van der Waals surface area contributed by atoms with Crippen molar-refractivity contribution in [2.45, 2.75) is 56.0 Å². The predicted octanol–water partition coefficient (Wildman–Crippen LogP) is 4.16. The highest BCUT2D eigenvalue weighted by Crippen LogP contribution is 2.44. The molecule has 2 aromatic rings. The van der Waals surface area contributed by atoms with Crippen LogP contribution in [0.4, 0.5) is 4.79 Å². The van der Waals surface area contributed by atoms with Crippen LogP contribution in [0, 0.1) is 5.92 Å². The molecule has 0 saturated heterocycles. The van der Waals surface area contributed by atoms with Crippen molar-refractivity contribution in [1.29, 1.82) is 0 Å². The number of fused-ring (bicyclic) bond motifs is 3. The second kappa shape index (κ2) is 8.78. The third-order valence-corrected chi connectivity index (χ3v) is 7.75. The van der Waals surface area contributed by atoms with Gasteiger partial charge < -0.3 is 20.1 Å². The van der Waals surface area contributed by atoms with E-state index in [0.29, 0.717) is 25.2 Å². The maximum Gasteiger partial charge on any atom is 0.407 e. The van der Waals surface area contributed by atoms with Gasteiger partial charge in [0.2, 0.25) is 5.91 Å². The minimum absolute atomic E-state index is 0.0661. The van der Waals surface area contributed by atoms with Crippen LogP contribution in [0.25, 0.3) is 11.1 Å². The van der Waals surface area contributed by atoms with Gasteiger partial charge in [0.15, 0.2) is 0 Å². The third-order valence-electron chi connectivity index (χ3n) is 7.75. The Morgan fingerprint density at radius 2 is 1.65 bits per heavy atom. The quantitative estimate of drug-likeness (QED) is 0.614. The highest BCUT2D eigenvalue weighted by molar-refractivity contribution is 5.91. The maximum atomic E-state index is 13.3. The Labute approximate surface area is 199 Å². The highest BCUT2D eigenvalue weighted by Gasteiger charge is 2.51. The van der Waals surface area contributed by atoms with E-state index >= 15 is 0 Å². The summed E-state index contributed by atoms with van der Waals surface area (Å²) in [5.74, 6) is -1.04. The van der Waals surface area contributed by atoms with Gasteiger partial charge in [0, 0.05) is 13.0 Å². The van der Waals surface area contributed by atoms with Gasteiger partial charge in [-0.1, -0.05) is 61.4 Å². The first kappa shape index (κ1) is 22.4. The molecule has 0 bridgehead atoms. The summed E-state index contributed by atoms with van der Waals surface area (Å²) in [5, 5.41) is 12.5. The van der Waals surface area contributed by atoms with Gasteiger partial charge in [-0.05, 0) is 53.9 Å². The average Bonchev–Trinajstić information content (AvgIpc) is 3.56. The van der Waals surface area contributed by atoms with E-state index in [0.717, 1.165) is 41.5 Å².